The van der Waals surface area contributed by atoms with Crippen molar-refractivity contribution in [2.24, 2.45) is 10.9 Å². The van der Waals surface area contributed by atoms with Gasteiger partial charge in [-0.1, -0.05) is 52.4 Å². The summed E-state index contributed by atoms with van der Waals surface area (Å²) < 4.78 is 12.9. The Morgan fingerprint density at radius 1 is 0.960 bits per heavy atom. The summed E-state index contributed by atoms with van der Waals surface area (Å²) in [5.74, 6) is 1.39. The molecule has 144 valence electrons. The first-order valence-electron chi connectivity index (χ1n) is 10.7. The van der Waals surface area contributed by atoms with Crippen LogP contribution in [0.1, 0.15) is 91.9 Å². The van der Waals surface area contributed by atoms with E-state index < -0.39 is 8.15 Å². The highest BCUT2D eigenvalue weighted by atomic mass is 31.1. The Hall–Kier alpha value is -0.140. The summed E-state index contributed by atoms with van der Waals surface area (Å²) in [6.07, 6.45) is 13.9. The molecule has 4 heteroatoms. The van der Waals surface area contributed by atoms with E-state index in [1.807, 2.05) is 0 Å². The molecule has 0 aromatic heterocycles. The highest BCUT2D eigenvalue weighted by Gasteiger charge is 2.41. The molecule has 0 spiro atoms. The predicted octanol–water partition coefficient (Wildman–Crippen LogP) is 6.30. The van der Waals surface area contributed by atoms with Gasteiger partial charge in [-0.25, -0.2) is 4.99 Å². The van der Waals surface area contributed by atoms with Gasteiger partial charge in [-0.3, -0.25) is 0 Å². The summed E-state index contributed by atoms with van der Waals surface area (Å²) in [4.78, 5) is 4.88. The smallest absolute Gasteiger partial charge is 0.216 e. The second kappa shape index (κ2) is 8.70. The number of rotatable bonds is 6. The Balaban J connectivity index is 1.72. The minimum atomic E-state index is -0.392. The zero-order chi connectivity index (χ0) is 17.9. The van der Waals surface area contributed by atoms with Crippen molar-refractivity contribution in [2.45, 2.75) is 115 Å². The third-order valence-electron chi connectivity index (χ3n) is 6.16. The van der Waals surface area contributed by atoms with Crippen molar-refractivity contribution in [2.75, 3.05) is 6.61 Å². The van der Waals surface area contributed by atoms with Crippen LogP contribution >= 0.6 is 8.15 Å². The molecule has 0 bridgehead atoms. The molecule has 0 saturated heterocycles. The molecule has 2 saturated carbocycles. The zero-order valence-electron chi connectivity index (χ0n) is 16.8. The number of hydrogen-bond acceptors (Lipinski definition) is 3. The van der Waals surface area contributed by atoms with Gasteiger partial charge >= 0.3 is 0 Å². The van der Waals surface area contributed by atoms with Gasteiger partial charge in [-0.05, 0) is 45.4 Å². The Morgan fingerprint density at radius 3 is 1.92 bits per heavy atom. The lowest BCUT2D eigenvalue weighted by molar-refractivity contribution is 0.154. The summed E-state index contributed by atoms with van der Waals surface area (Å²) in [7, 11) is -0.392. The molecular weight excluding hydrogens is 329 g/mol. The number of aliphatic imine (C=N–C) groups is 1. The average molecular weight is 368 g/mol. The first-order valence-corrected chi connectivity index (χ1v) is 12.1. The molecule has 2 fully saturated rings. The van der Waals surface area contributed by atoms with Crippen molar-refractivity contribution in [3.8, 4) is 0 Å². The van der Waals surface area contributed by atoms with Gasteiger partial charge in [0, 0.05) is 19.5 Å². The quantitative estimate of drug-likeness (QED) is 0.516. The largest absolute Gasteiger partial charge is 0.477 e. The fraction of sp³-hybridized carbons (Fsp3) is 0.952. The number of ether oxygens (including phenoxy) is 1. The molecule has 0 aromatic rings. The third kappa shape index (κ3) is 4.98. The summed E-state index contributed by atoms with van der Waals surface area (Å²) in [5, 5.41) is 0. The maximum Gasteiger partial charge on any atom is 0.216 e. The average Bonchev–Trinajstić information content (AvgIpc) is 3.13. The molecular formula is C21H38NO2P. The van der Waals surface area contributed by atoms with Crippen LogP contribution in [0, 0.1) is 5.92 Å². The fourth-order valence-corrected chi connectivity index (χ4v) is 7.73. The van der Waals surface area contributed by atoms with E-state index in [0.717, 1.165) is 23.8 Å². The monoisotopic (exact) mass is 367 g/mol. The minimum absolute atomic E-state index is 0.300. The summed E-state index contributed by atoms with van der Waals surface area (Å²) in [5.41, 5.74) is 1.23. The Kier molecular flexibility index (Phi) is 6.83. The normalized spacial score (nSPS) is 27.0. The van der Waals surface area contributed by atoms with Gasteiger partial charge < -0.3 is 9.26 Å². The second-order valence-electron chi connectivity index (χ2n) is 9.10. The summed E-state index contributed by atoms with van der Waals surface area (Å²) in [6, 6.07) is 0.300. The summed E-state index contributed by atoms with van der Waals surface area (Å²) >= 11 is 0. The van der Waals surface area contributed by atoms with Crippen LogP contribution in [0.4, 0.5) is 0 Å². The molecule has 25 heavy (non-hydrogen) atoms. The summed E-state index contributed by atoms with van der Waals surface area (Å²) in [6.45, 7) is 9.56. The molecule has 3 aliphatic rings. The predicted molar refractivity (Wildman–Crippen MR) is 108 cm³/mol. The van der Waals surface area contributed by atoms with Crippen molar-refractivity contribution < 1.29 is 9.26 Å². The zero-order valence-corrected chi connectivity index (χ0v) is 17.7. The number of hydrogen-bond donors (Lipinski definition) is 0. The van der Waals surface area contributed by atoms with E-state index in [-0.39, 0.29) is 5.60 Å². The van der Waals surface area contributed by atoms with Gasteiger partial charge in [0.05, 0.1) is 6.04 Å². The number of nitrogens with zero attached hydrogens (tertiary/aromatic N) is 1. The van der Waals surface area contributed by atoms with Crippen LogP contribution in [0.25, 0.3) is 0 Å². The van der Waals surface area contributed by atoms with E-state index in [2.05, 4.69) is 27.7 Å². The lowest BCUT2D eigenvalue weighted by atomic mass is 10.00. The van der Waals surface area contributed by atoms with Gasteiger partial charge in [-0.2, -0.15) is 0 Å². The van der Waals surface area contributed by atoms with E-state index in [4.69, 9.17) is 14.3 Å². The van der Waals surface area contributed by atoms with E-state index in [0.29, 0.717) is 12.0 Å². The van der Waals surface area contributed by atoms with Crippen LogP contribution in [-0.2, 0) is 9.26 Å². The molecule has 0 radical (unpaired) electrons. The topological polar surface area (TPSA) is 30.8 Å². The van der Waals surface area contributed by atoms with E-state index >= 15 is 0 Å². The van der Waals surface area contributed by atoms with Gasteiger partial charge in [0.2, 0.25) is 5.90 Å². The van der Waals surface area contributed by atoms with Crippen molar-refractivity contribution in [1.82, 2.24) is 0 Å². The van der Waals surface area contributed by atoms with Crippen LogP contribution < -0.4 is 0 Å². The van der Waals surface area contributed by atoms with E-state index in [1.54, 1.807) is 0 Å². The van der Waals surface area contributed by atoms with Gasteiger partial charge in [0.1, 0.15) is 12.2 Å². The minimum Gasteiger partial charge on any atom is -0.477 e. The molecule has 1 heterocycles. The lowest BCUT2D eigenvalue weighted by Gasteiger charge is -2.41. The highest BCUT2D eigenvalue weighted by Crippen LogP contribution is 2.58. The molecule has 0 aromatic carbocycles. The van der Waals surface area contributed by atoms with Crippen LogP contribution in [0.5, 0.6) is 0 Å². The van der Waals surface area contributed by atoms with Crippen molar-refractivity contribution in [3.05, 3.63) is 0 Å². The third-order valence-corrected chi connectivity index (χ3v) is 9.30. The standard InChI is InChI=1S/C21H38NO2P/c1-16(2)19-15-23-20(22-19)21(3,4)24-25(17-11-7-5-8-12-17)18-13-9-6-10-14-18/h16-19H,5-15H2,1-4H3/t19-/m1/s1. The molecule has 3 nitrogen and oxygen atoms in total. The maximum atomic E-state index is 6.94. The molecule has 1 aliphatic heterocycles. The van der Waals surface area contributed by atoms with Gasteiger partial charge in [-0.15, -0.1) is 0 Å². The molecule has 0 unspecified atom stereocenters. The van der Waals surface area contributed by atoms with Crippen LogP contribution in [-0.4, -0.2) is 35.5 Å². The van der Waals surface area contributed by atoms with Crippen LogP contribution in [0.3, 0.4) is 0 Å². The van der Waals surface area contributed by atoms with E-state index in [9.17, 15) is 0 Å². The maximum absolute atomic E-state index is 6.94. The Bertz CT molecular complexity index is 433. The second-order valence-corrected chi connectivity index (χ2v) is 11.5. The fourth-order valence-electron chi connectivity index (χ4n) is 4.48. The molecule has 0 amide bonds. The van der Waals surface area contributed by atoms with Crippen molar-refractivity contribution in [3.63, 3.8) is 0 Å². The van der Waals surface area contributed by atoms with Gasteiger partial charge in [0.15, 0.2) is 0 Å². The molecule has 1 atom stereocenters. The SMILES string of the molecule is CC(C)[C@H]1COC(C(C)(C)OP(C2CCCCC2)C2CCCCC2)=N1. The first kappa shape index (κ1) is 19.6. The molecule has 0 N–H and O–H groups in total. The Morgan fingerprint density at radius 2 is 1.48 bits per heavy atom. The molecule has 2 aliphatic carbocycles. The highest BCUT2D eigenvalue weighted by molar-refractivity contribution is 7.54. The molecule has 3 rings (SSSR count). The van der Waals surface area contributed by atoms with Crippen molar-refractivity contribution >= 4 is 14.0 Å². The van der Waals surface area contributed by atoms with Crippen LogP contribution in [0.2, 0.25) is 0 Å². The Labute approximate surface area is 156 Å². The first-order chi connectivity index (χ1) is 12.0. The lowest BCUT2D eigenvalue weighted by Crippen LogP contribution is -2.37. The van der Waals surface area contributed by atoms with Crippen molar-refractivity contribution in [1.29, 1.82) is 0 Å². The van der Waals surface area contributed by atoms with Gasteiger partial charge in [0.25, 0.3) is 0 Å². The van der Waals surface area contributed by atoms with Crippen LogP contribution in [0.15, 0.2) is 4.99 Å². The van der Waals surface area contributed by atoms with E-state index in [1.165, 1.54) is 64.2 Å².